The van der Waals surface area contributed by atoms with Gasteiger partial charge in [-0.3, -0.25) is 4.79 Å². The minimum atomic E-state index is 0.114. The van der Waals surface area contributed by atoms with Gasteiger partial charge in [0.05, 0.1) is 0 Å². The molecule has 88 valence electrons. The van der Waals surface area contributed by atoms with Crippen molar-refractivity contribution in [1.82, 2.24) is 0 Å². The number of carbonyl (C=O) groups excluding carboxylic acids is 1. The van der Waals surface area contributed by atoms with E-state index < -0.39 is 0 Å². The lowest BCUT2D eigenvalue weighted by atomic mass is 10.3. The zero-order valence-corrected chi connectivity index (χ0v) is 10.6. The summed E-state index contributed by atoms with van der Waals surface area (Å²) in [5.41, 5.74) is 0.883. The fourth-order valence-electron chi connectivity index (χ4n) is 1.33. The van der Waals surface area contributed by atoms with Gasteiger partial charge < -0.3 is 5.32 Å². The van der Waals surface area contributed by atoms with Crippen LogP contribution in [0.2, 0.25) is 0 Å². The highest BCUT2D eigenvalue weighted by molar-refractivity contribution is 7.99. The molecule has 1 aromatic rings. The van der Waals surface area contributed by atoms with Crippen molar-refractivity contribution in [2.75, 3.05) is 16.8 Å². The van der Waals surface area contributed by atoms with Crippen molar-refractivity contribution < 1.29 is 4.79 Å². The summed E-state index contributed by atoms with van der Waals surface area (Å²) in [6, 6.07) is 9.60. The van der Waals surface area contributed by atoms with Crippen LogP contribution >= 0.6 is 11.8 Å². The van der Waals surface area contributed by atoms with E-state index in [9.17, 15) is 4.79 Å². The van der Waals surface area contributed by atoms with Crippen molar-refractivity contribution in [2.45, 2.75) is 26.2 Å². The van der Waals surface area contributed by atoms with Gasteiger partial charge in [0, 0.05) is 12.1 Å². The molecule has 0 unspecified atom stereocenters. The Bertz CT molecular complexity index is 300. The number of anilines is 1. The van der Waals surface area contributed by atoms with Crippen molar-refractivity contribution >= 4 is 23.4 Å². The number of rotatable bonds is 7. The molecule has 0 radical (unpaired) electrons. The molecule has 0 fully saturated rings. The molecule has 16 heavy (non-hydrogen) atoms. The first-order chi connectivity index (χ1) is 7.83. The molecule has 2 nitrogen and oxygen atoms in total. The highest BCUT2D eigenvalue weighted by atomic mass is 32.2. The van der Waals surface area contributed by atoms with Crippen LogP contribution in [-0.4, -0.2) is 17.4 Å². The summed E-state index contributed by atoms with van der Waals surface area (Å²) in [7, 11) is 0. The summed E-state index contributed by atoms with van der Waals surface area (Å²) in [5.74, 6) is 2.39. The third-order valence-corrected chi connectivity index (χ3v) is 3.37. The lowest BCUT2D eigenvalue weighted by Crippen LogP contribution is -2.11. The maximum Gasteiger partial charge on any atom is 0.224 e. The molecule has 0 aliphatic rings. The first kappa shape index (κ1) is 13.1. The van der Waals surface area contributed by atoms with Crippen LogP contribution in [0.4, 0.5) is 5.69 Å². The number of nitrogens with one attached hydrogen (secondary N) is 1. The van der Waals surface area contributed by atoms with Crippen LogP contribution in [0.5, 0.6) is 0 Å². The van der Waals surface area contributed by atoms with E-state index in [4.69, 9.17) is 0 Å². The molecule has 0 spiro atoms. The summed E-state index contributed by atoms with van der Waals surface area (Å²) in [6.07, 6.45) is 2.79. The summed E-state index contributed by atoms with van der Waals surface area (Å²) in [5, 5.41) is 2.88. The Morgan fingerprint density at radius 2 is 2.00 bits per heavy atom. The number of hydrogen-bond donors (Lipinski definition) is 1. The van der Waals surface area contributed by atoms with Crippen LogP contribution in [0.15, 0.2) is 30.3 Å². The minimum absolute atomic E-state index is 0.114. The van der Waals surface area contributed by atoms with Gasteiger partial charge in [0.1, 0.15) is 0 Å². The Morgan fingerprint density at radius 3 is 2.69 bits per heavy atom. The number of thioether (sulfide) groups is 1. The van der Waals surface area contributed by atoms with Crippen LogP contribution < -0.4 is 5.32 Å². The van der Waals surface area contributed by atoms with Gasteiger partial charge in [-0.25, -0.2) is 0 Å². The van der Waals surface area contributed by atoms with Crippen molar-refractivity contribution in [3.63, 3.8) is 0 Å². The van der Waals surface area contributed by atoms with E-state index in [-0.39, 0.29) is 5.91 Å². The van der Waals surface area contributed by atoms with Gasteiger partial charge in [0.15, 0.2) is 0 Å². The zero-order chi connectivity index (χ0) is 11.6. The van der Waals surface area contributed by atoms with E-state index in [1.165, 1.54) is 12.2 Å². The predicted octanol–water partition coefficient (Wildman–Crippen LogP) is 3.55. The van der Waals surface area contributed by atoms with E-state index in [0.29, 0.717) is 6.42 Å². The topological polar surface area (TPSA) is 29.1 Å². The standard InChI is InChI=1S/C13H19NOS/c1-2-10-16-11-6-9-13(15)14-12-7-4-3-5-8-12/h3-5,7-8H,2,6,9-11H2,1H3,(H,14,15). The maximum atomic E-state index is 11.5. The average Bonchev–Trinajstić information content (AvgIpc) is 2.30. The summed E-state index contributed by atoms with van der Waals surface area (Å²) in [6.45, 7) is 2.18. The molecule has 0 heterocycles. The molecule has 0 atom stereocenters. The molecule has 1 aromatic carbocycles. The highest BCUT2D eigenvalue weighted by Crippen LogP contribution is 2.08. The van der Waals surface area contributed by atoms with E-state index >= 15 is 0 Å². The smallest absolute Gasteiger partial charge is 0.224 e. The molecule has 0 saturated heterocycles. The molecule has 0 bridgehead atoms. The highest BCUT2D eigenvalue weighted by Gasteiger charge is 2.01. The Kier molecular flexibility index (Phi) is 6.74. The van der Waals surface area contributed by atoms with Gasteiger partial charge >= 0.3 is 0 Å². The Hall–Kier alpha value is -0.960. The number of benzene rings is 1. The molecule has 1 N–H and O–H groups in total. The number of carbonyl (C=O) groups is 1. The predicted molar refractivity (Wildman–Crippen MR) is 71.9 cm³/mol. The first-order valence-electron chi connectivity index (χ1n) is 5.75. The second-order valence-corrected chi connectivity index (χ2v) is 4.85. The number of hydrogen-bond acceptors (Lipinski definition) is 2. The maximum absolute atomic E-state index is 11.5. The molecule has 0 aliphatic heterocycles. The summed E-state index contributed by atoms with van der Waals surface area (Å²) >= 11 is 1.92. The van der Waals surface area contributed by atoms with Crippen LogP contribution in [0.25, 0.3) is 0 Å². The van der Waals surface area contributed by atoms with Gasteiger partial charge in [-0.15, -0.1) is 0 Å². The third kappa shape index (κ3) is 5.81. The second kappa shape index (κ2) is 8.22. The van der Waals surface area contributed by atoms with Gasteiger partial charge in [-0.2, -0.15) is 11.8 Å². The molecule has 0 aliphatic carbocycles. The second-order valence-electron chi connectivity index (χ2n) is 3.63. The average molecular weight is 237 g/mol. The molecule has 0 saturated carbocycles. The van der Waals surface area contributed by atoms with Crippen LogP contribution in [0.3, 0.4) is 0 Å². The largest absolute Gasteiger partial charge is 0.326 e. The monoisotopic (exact) mass is 237 g/mol. The Balaban J connectivity index is 2.12. The zero-order valence-electron chi connectivity index (χ0n) is 9.74. The minimum Gasteiger partial charge on any atom is -0.326 e. The Morgan fingerprint density at radius 1 is 1.25 bits per heavy atom. The first-order valence-corrected chi connectivity index (χ1v) is 6.91. The molecular weight excluding hydrogens is 218 g/mol. The van der Waals surface area contributed by atoms with Gasteiger partial charge in [-0.1, -0.05) is 25.1 Å². The number of amides is 1. The summed E-state index contributed by atoms with van der Waals surface area (Å²) in [4.78, 5) is 11.5. The SMILES string of the molecule is CCCSCCCC(=O)Nc1ccccc1. The van der Waals surface area contributed by atoms with Crippen LogP contribution in [0.1, 0.15) is 26.2 Å². The lowest BCUT2D eigenvalue weighted by molar-refractivity contribution is -0.116. The van der Waals surface area contributed by atoms with Gasteiger partial charge in [-0.05, 0) is 36.5 Å². The van der Waals surface area contributed by atoms with E-state index in [1.54, 1.807) is 0 Å². The molecular formula is C13H19NOS. The van der Waals surface area contributed by atoms with Crippen molar-refractivity contribution in [2.24, 2.45) is 0 Å². The normalized spacial score (nSPS) is 10.1. The quantitative estimate of drug-likeness (QED) is 0.735. The van der Waals surface area contributed by atoms with E-state index in [0.717, 1.165) is 17.9 Å². The third-order valence-electron chi connectivity index (χ3n) is 2.10. The fraction of sp³-hybridized carbons (Fsp3) is 0.462. The number of para-hydroxylation sites is 1. The molecule has 0 aromatic heterocycles. The van der Waals surface area contributed by atoms with Crippen LogP contribution in [0, 0.1) is 0 Å². The van der Waals surface area contributed by atoms with Crippen molar-refractivity contribution in [3.05, 3.63) is 30.3 Å². The van der Waals surface area contributed by atoms with Crippen LogP contribution in [-0.2, 0) is 4.79 Å². The Labute approximate surface area is 102 Å². The summed E-state index contributed by atoms with van der Waals surface area (Å²) < 4.78 is 0. The van der Waals surface area contributed by atoms with Gasteiger partial charge in [0.2, 0.25) is 5.91 Å². The molecule has 1 rings (SSSR count). The van der Waals surface area contributed by atoms with Crippen molar-refractivity contribution in [1.29, 1.82) is 0 Å². The van der Waals surface area contributed by atoms with E-state index in [1.807, 2.05) is 42.1 Å². The van der Waals surface area contributed by atoms with Crippen molar-refractivity contribution in [3.8, 4) is 0 Å². The fourth-order valence-corrected chi connectivity index (χ4v) is 2.17. The molecule has 3 heteroatoms. The lowest BCUT2D eigenvalue weighted by Gasteiger charge is -2.04. The molecule has 1 amide bonds. The van der Waals surface area contributed by atoms with E-state index in [2.05, 4.69) is 12.2 Å². The van der Waals surface area contributed by atoms with Gasteiger partial charge in [0.25, 0.3) is 0 Å².